The summed E-state index contributed by atoms with van der Waals surface area (Å²) < 4.78 is 15.3. The summed E-state index contributed by atoms with van der Waals surface area (Å²) in [6, 6.07) is 4.59. The molecule has 0 unspecified atom stereocenters. The van der Waals surface area contributed by atoms with E-state index in [0.717, 1.165) is 35.3 Å². The van der Waals surface area contributed by atoms with Crippen LogP contribution >= 0.6 is 24.2 Å². The van der Waals surface area contributed by atoms with Crippen LogP contribution in [0.3, 0.4) is 0 Å². The highest BCUT2D eigenvalue weighted by Gasteiger charge is 2.16. The summed E-state index contributed by atoms with van der Waals surface area (Å²) in [5.41, 5.74) is 1.94. The van der Waals surface area contributed by atoms with Gasteiger partial charge in [-0.25, -0.2) is 4.39 Å². The summed E-state index contributed by atoms with van der Waals surface area (Å²) in [6.45, 7) is 4.00. The van der Waals surface area contributed by atoms with E-state index in [1.807, 2.05) is 26.0 Å². The van der Waals surface area contributed by atoms with Crippen LogP contribution < -0.4 is 5.32 Å². The smallest absolute Gasteiger partial charge is 0.272 e. The lowest BCUT2D eigenvalue weighted by atomic mass is 10.2. The molecular formula is C19H22ClFN2OS. The molecular weight excluding hydrogens is 359 g/mol. The van der Waals surface area contributed by atoms with Gasteiger partial charge in [-0.05, 0) is 48.4 Å². The van der Waals surface area contributed by atoms with Gasteiger partial charge in [0.2, 0.25) is 0 Å². The second-order valence-corrected chi connectivity index (χ2v) is 6.55. The van der Waals surface area contributed by atoms with Crippen molar-refractivity contribution in [3.8, 4) is 0 Å². The van der Waals surface area contributed by atoms with Gasteiger partial charge < -0.3 is 9.88 Å². The molecule has 1 aliphatic carbocycles. The Balaban J connectivity index is 0.00000109. The molecule has 0 aliphatic heterocycles. The van der Waals surface area contributed by atoms with Crippen molar-refractivity contribution in [1.29, 1.82) is 0 Å². The molecule has 0 fully saturated rings. The first kappa shape index (κ1) is 19.6. The fourth-order valence-corrected chi connectivity index (χ4v) is 3.09. The summed E-state index contributed by atoms with van der Waals surface area (Å²) in [5.74, 6) is -0.715. The molecule has 1 amide bonds. The molecule has 0 radical (unpaired) electrons. The SMILES string of the molecule is CC.Cn1c(C(=O)NC2=CC=C(S)CCC2)cc2cc(Cl)c(F)cc21. The fourth-order valence-electron chi connectivity index (χ4n) is 2.69. The Kier molecular flexibility index (Phi) is 6.73. The number of amides is 1. The highest BCUT2D eigenvalue weighted by atomic mass is 35.5. The van der Waals surface area contributed by atoms with Crippen LogP contribution in [0.4, 0.5) is 4.39 Å². The van der Waals surface area contributed by atoms with E-state index in [9.17, 15) is 9.18 Å². The Labute approximate surface area is 158 Å². The summed E-state index contributed by atoms with van der Waals surface area (Å²) in [7, 11) is 1.73. The molecule has 0 atom stereocenters. The largest absolute Gasteiger partial charge is 0.340 e. The van der Waals surface area contributed by atoms with E-state index < -0.39 is 5.82 Å². The summed E-state index contributed by atoms with van der Waals surface area (Å²) in [4.78, 5) is 13.5. The maximum Gasteiger partial charge on any atom is 0.272 e. The molecule has 3 nitrogen and oxygen atoms in total. The molecule has 1 aliphatic rings. The second-order valence-electron chi connectivity index (χ2n) is 5.57. The van der Waals surface area contributed by atoms with Crippen molar-refractivity contribution in [2.24, 2.45) is 7.05 Å². The fraction of sp³-hybridized carbons (Fsp3) is 0.316. The number of halogens is 2. The maximum absolute atomic E-state index is 13.6. The van der Waals surface area contributed by atoms with E-state index in [0.29, 0.717) is 11.2 Å². The molecule has 0 bridgehead atoms. The topological polar surface area (TPSA) is 34.0 Å². The zero-order valence-electron chi connectivity index (χ0n) is 14.6. The Bertz CT molecular complexity index is 855. The van der Waals surface area contributed by atoms with Gasteiger partial charge in [-0.15, -0.1) is 12.6 Å². The number of rotatable bonds is 2. The van der Waals surface area contributed by atoms with Crippen molar-refractivity contribution in [2.45, 2.75) is 33.1 Å². The van der Waals surface area contributed by atoms with Gasteiger partial charge in [-0.3, -0.25) is 4.79 Å². The van der Waals surface area contributed by atoms with Crippen LogP contribution in [0.1, 0.15) is 43.6 Å². The number of carbonyl (C=O) groups is 1. The quantitative estimate of drug-likeness (QED) is 0.652. The highest BCUT2D eigenvalue weighted by Crippen LogP contribution is 2.26. The molecule has 1 N–H and O–H groups in total. The lowest BCUT2D eigenvalue weighted by molar-refractivity contribution is 0.0957. The summed E-state index contributed by atoms with van der Waals surface area (Å²) in [6.07, 6.45) is 6.42. The van der Waals surface area contributed by atoms with Crippen LogP contribution in [0.25, 0.3) is 10.9 Å². The number of nitrogens with one attached hydrogen (secondary N) is 1. The number of aryl methyl sites for hydroxylation is 1. The van der Waals surface area contributed by atoms with Gasteiger partial charge in [0, 0.05) is 18.1 Å². The third kappa shape index (κ3) is 4.47. The van der Waals surface area contributed by atoms with Gasteiger partial charge in [0.05, 0.1) is 10.5 Å². The Hall–Kier alpha value is -1.72. The third-order valence-electron chi connectivity index (χ3n) is 3.95. The van der Waals surface area contributed by atoms with Gasteiger partial charge in [-0.2, -0.15) is 0 Å². The van der Waals surface area contributed by atoms with E-state index in [1.54, 1.807) is 17.7 Å². The normalized spacial score (nSPS) is 14.2. The van der Waals surface area contributed by atoms with Gasteiger partial charge in [0.1, 0.15) is 11.5 Å². The monoisotopic (exact) mass is 380 g/mol. The average Bonchev–Trinajstić information content (AvgIpc) is 2.77. The lowest BCUT2D eigenvalue weighted by Gasteiger charge is -2.09. The average molecular weight is 381 g/mol. The van der Waals surface area contributed by atoms with Gasteiger partial charge in [0.15, 0.2) is 0 Å². The van der Waals surface area contributed by atoms with Crippen molar-refractivity contribution in [1.82, 2.24) is 9.88 Å². The molecule has 6 heteroatoms. The zero-order valence-corrected chi connectivity index (χ0v) is 16.2. The number of benzene rings is 1. The van der Waals surface area contributed by atoms with Crippen LogP contribution in [0.15, 0.2) is 41.0 Å². The molecule has 0 saturated heterocycles. The van der Waals surface area contributed by atoms with Crippen LogP contribution in [-0.2, 0) is 7.05 Å². The van der Waals surface area contributed by atoms with Crippen molar-refractivity contribution < 1.29 is 9.18 Å². The Morgan fingerprint density at radius 2 is 1.96 bits per heavy atom. The molecule has 134 valence electrons. The first-order valence-corrected chi connectivity index (χ1v) is 9.13. The first-order valence-electron chi connectivity index (χ1n) is 8.30. The minimum absolute atomic E-state index is 0.0491. The highest BCUT2D eigenvalue weighted by molar-refractivity contribution is 7.84. The van der Waals surface area contributed by atoms with Gasteiger partial charge >= 0.3 is 0 Å². The predicted molar refractivity (Wildman–Crippen MR) is 106 cm³/mol. The van der Waals surface area contributed by atoms with Crippen molar-refractivity contribution in [3.05, 3.63) is 57.5 Å². The number of thiol groups is 1. The number of nitrogens with zero attached hydrogens (tertiary/aromatic N) is 1. The van der Waals surface area contributed by atoms with Crippen LogP contribution in [0, 0.1) is 5.82 Å². The molecule has 1 aromatic heterocycles. The number of allylic oxidation sites excluding steroid dienone is 4. The number of aromatic nitrogens is 1. The van der Waals surface area contributed by atoms with Gasteiger partial charge in [0.25, 0.3) is 5.91 Å². The molecule has 1 heterocycles. The number of hydrogen-bond acceptors (Lipinski definition) is 2. The molecule has 3 rings (SSSR count). The number of fused-ring (bicyclic) bond motifs is 1. The zero-order chi connectivity index (χ0) is 18.6. The third-order valence-corrected chi connectivity index (χ3v) is 4.61. The summed E-state index contributed by atoms with van der Waals surface area (Å²) >= 11 is 10.2. The van der Waals surface area contributed by atoms with E-state index in [2.05, 4.69) is 17.9 Å². The summed E-state index contributed by atoms with van der Waals surface area (Å²) in [5, 5.41) is 3.70. The number of carbonyl (C=O) groups excluding carboxylic acids is 1. The Morgan fingerprint density at radius 1 is 1.24 bits per heavy atom. The lowest BCUT2D eigenvalue weighted by Crippen LogP contribution is -2.24. The Morgan fingerprint density at radius 3 is 2.68 bits per heavy atom. The van der Waals surface area contributed by atoms with Crippen molar-refractivity contribution in [3.63, 3.8) is 0 Å². The van der Waals surface area contributed by atoms with E-state index in [4.69, 9.17) is 11.6 Å². The molecule has 25 heavy (non-hydrogen) atoms. The molecule has 0 saturated carbocycles. The molecule has 1 aromatic carbocycles. The first-order chi connectivity index (χ1) is 12.0. The minimum atomic E-state index is -0.495. The van der Waals surface area contributed by atoms with Crippen molar-refractivity contribution in [2.75, 3.05) is 0 Å². The van der Waals surface area contributed by atoms with Crippen LogP contribution in [-0.4, -0.2) is 10.5 Å². The molecule has 0 spiro atoms. The van der Waals surface area contributed by atoms with Crippen LogP contribution in [0.5, 0.6) is 0 Å². The van der Waals surface area contributed by atoms with Gasteiger partial charge in [-0.1, -0.05) is 31.5 Å². The van der Waals surface area contributed by atoms with E-state index in [-0.39, 0.29) is 10.9 Å². The van der Waals surface area contributed by atoms with Crippen molar-refractivity contribution >= 4 is 41.0 Å². The van der Waals surface area contributed by atoms with E-state index in [1.165, 1.54) is 12.1 Å². The number of hydrogen-bond donors (Lipinski definition) is 2. The maximum atomic E-state index is 13.6. The van der Waals surface area contributed by atoms with E-state index >= 15 is 0 Å². The minimum Gasteiger partial charge on any atom is -0.340 e. The molecule has 2 aromatic rings. The second kappa shape index (κ2) is 8.59. The standard InChI is InChI=1S/C17H16ClFN2OS.C2H6/c1-21-15-9-14(19)13(18)7-10(15)8-16(21)17(22)20-11-3-2-4-12(23)6-5-11;1-2/h5-9,23H,2-4H2,1H3,(H,20,22);1-2H3. The predicted octanol–water partition coefficient (Wildman–Crippen LogP) is 5.61. The van der Waals surface area contributed by atoms with Crippen LogP contribution in [0.2, 0.25) is 5.02 Å².